The van der Waals surface area contributed by atoms with Crippen LogP contribution in [0.15, 0.2) is 97.2 Å². The Bertz CT molecular complexity index is 1670. The lowest BCUT2D eigenvalue weighted by Crippen LogP contribution is -2.37. The molecule has 10 heteroatoms. The number of nitrogens with zero attached hydrogens (tertiary/aromatic N) is 1. The van der Waals surface area contributed by atoms with Gasteiger partial charge in [-0.3, -0.25) is 18.6 Å². The largest absolute Gasteiger partial charge is 0.472 e. The van der Waals surface area contributed by atoms with Crippen molar-refractivity contribution in [3.8, 4) is 0 Å². The summed E-state index contributed by atoms with van der Waals surface area (Å²) in [5, 5.41) is 0. The molecule has 0 amide bonds. The molecule has 0 rings (SSSR count). The topological polar surface area (TPSA) is 108 Å². The molecule has 0 saturated carbocycles. The van der Waals surface area contributed by atoms with Gasteiger partial charge in [0.1, 0.15) is 19.8 Å². The maximum atomic E-state index is 12.9. The number of ether oxygens (including phenoxy) is 2. The molecule has 2 unspecified atom stereocenters. The zero-order valence-corrected chi connectivity index (χ0v) is 53.4. The highest BCUT2D eigenvalue weighted by atomic mass is 31.2. The van der Waals surface area contributed by atoms with Crippen molar-refractivity contribution in [2.24, 2.45) is 0 Å². The van der Waals surface area contributed by atoms with Gasteiger partial charge in [-0.2, -0.15) is 0 Å². The van der Waals surface area contributed by atoms with Crippen LogP contribution in [0.4, 0.5) is 0 Å². The van der Waals surface area contributed by atoms with Crippen LogP contribution in [0, 0.1) is 0 Å². The summed E-state index contributed by atoms with van der Waals surface area (Å²) in [5.41, 5.74) is 0. The van der Waals surface area contributed by atoms with E-state index in [0.717, 1.165) is 89.9 Å². The Hall–Kier alpha value is -3.07. The quantitative estimate of drug-likeness (QED) is 0.0211. The normalized spacial score (nSPS) is 13.8. The summed E-state index contributed by atoms with van der Waals surface area (Å²) in [6.07, 6.45) is 83.5. The Balaban J connectivity index is 4.08. The number of rotatable bonds is 60. The van der Waals surface area contributed by atoms with Crippen LogP contribution in [0.2, 0.25) is 0 Å². The molecule has 0 aromatic carbocycles. The number of phosphoric ester groups is 1. The van der Waals surface area contributed by atoms with Gasteiger partial charge in [0, 0.05) is 12.8 Å². The van der Waals surface area contributed by atoms with Gasteiger partial charge in [-0.15, -0.1) is 0 Å². The maximum Gasteiger partial charge on any atom is 0.472 e. The molecule has 0 spiro atoms. The number of hydrogen-bond donors (Lipinski definition) is 1. The Morgan fingerprint density at radius 3 is 1.06 bits per heavy atom. The first kappa shape index (κ1) is 76.9. The summed E-state index contributed by atoms with van der Waals surface area (Å²) in [6, 6.07) is 0. The van der Waals surface area contributed by atoms with E-state index in [9.17, 15) is 19.0 Å². The van der Waals surface area contributed by atoms with Crippen molar-refractivity contribution in [1.29, 1.82) is 0 Å². The molecule has 0 bridgehead atoms. The van der Waals surface area contributed by atoms with Crippen LogP contribution in [-0.4, -0.2) is 74.9 Å². The Labute approximate surface area is 493 Å². The van der Waals surface area contributed by atoms with E-state index in [-0.39, 0.29) is 32.0 Å². The van der Waals surface area contributed by atoms with Crippen LogP contribution >= 0.6 is 7.82 Å². The average molecular weight is 1140 g/mol. The number of hydrogen-bond acceptors (Lipinski definition) is 7. The number of unbranched alkanes of at least 4 members (excludes halogenated alkanes) is 30. The fourth-order valence-corrected chi connectivity index (χ4v) is 9.79. The van der Waals surface area contributed by atoms with Gasteiger partial charge in [0.2, 0.25) is 0 Å². The zero-order chi connectivity index (χ0) is 58.4. The van der Waals surface area contributed by atoms with E-state index in [4.69, 9.17) is 18.5 Å². The van der Waals surface area contributed by atoms with Crippen LogP contribution in [0.25, 0.3) is 0 Å². The zero-order valence-electron chi connectivity index (χ0n) is 52.5. The van der Waals surface area contributed by atoms with Crippen molar-refractivity contribution < 1.29 is 42.1 Å². The monoisotopic (exact) mass is 1140 g/mol. The molecular weight excluding hydrogens is 1010 g/mol. The number of quaternary nitrogens is 1. The van der Waals surface area contributed by atoms with Crippen molar-refractivity contribution in [1.82, 2.24) is 0 Å². The van der Waals surface area contributed by atoms with E-state index in [1.165, 1.54) is 161 Å². The lowest BCUT2D eigenvalue weighted by atomic mass is 10.0. The van der Waals surface area contributed by atoms with E-state index in [2.05, 4.69) is 111 Å². The summed E-state index contributed by atoms with van der Waals surface area (Å²) in [6.45, 7) is 4.32. The van der Waals surface area contributed by atoms with Crippen LogP contribution in [-0.2, 0) is 32.7 Å². The van der Waals surface area contributed by atoms with Crippen molar-refractivity contribution in [2.75, 3.05) is 47.5 Å². The smallest absolute Gasteiger partial charge is 0.462 e. The minimum absolute atomic E-state index is 0.0277. The second-order valence-electron chi connectivity index (χ2n) is 23.1. The summed E-state index contributed by atoms with van der Waals surface area (Å²) in [7, 11) is 1.47. The van der Waals surface area contributed by atoms with E-state index < -0.39 is 26.5 Å². The van der Waals surface area contributed by atoms with Gasteiger partial charge in [0.15, 0.2) is 6.10 Å². The Morgan fingerprint density at radius 2 is 0.713 bits per heavy atom. The molecule has 0 aliphatic rings. The van der Waals surface area contributed by atoms with Gasteiger partial charge < -0.3 is 18.9 Å². The molecule has 0 radical (unpaired) electrons. The number of likely N-dealkylation sites (N-methyl/N-ethyl adjacent to an activating group) is 1. The third kappa shape index (κ3) is 64.1. The Kier molecular flexibility index (Phi) is 58.2. The first-order valence-corrected chi connectivity index (χ1v) is 34.5. The number of esters is 2. The number of carbonyl (C=O) groups is 2. The van der Waals surface area contributed by atoms with Crippen LogP contribution in [0.5, 0.6) is 0 Å². The predicted octanol–water partition coefficient (Wildman–Crippen LogP) is 21.2. The standard InChI is InChI=1S/C70H124NO8P/c1-6-8-10-12-14-16-18-20-22-24-26-28-30-31-32-33-34-35-36-37-38-39-41-43-45-47-49-51-53-55-57-59-61-63-70(73)79-68(67-78-80(74,75)77-65-64-71(3,4)5)66-76-69(72)62-60-58-56-54-52-50-48-46-44-42-40-29-27-25-23-21-19-17-15-13-11-9-7-2/h8,10,14,16,19-22,25-28,31-32,40,42,68H,6-7,9,11-13,15,17-18,23-24,29-30,33-39,41,43-67H2,1-5H3/p+1/b10-8-,16-14-,21-19-,22-20-,27-25-,28-26-,32-31-,42-40-. The molecule has 1 N–H and O–H groups in total. The molecule has 0 heterocycles. The SMILES string of the molecule is CC/C=C\C/C=C\C/C=C\C/C=C\C/C=C\CCCCCCCCCCCCCCCCCCCC(=O)OC(COC(=O)CCCCCCCCCC/C=C\C/C=C\C/C=C\CCCCCCC)COP(=O)(O)OCC[N+](C)(C)C. The minimum atomic E-state index is -4.40. The van der Waals surface area contributed by atoms with Crippen molar-refractivity contribution in [2.45, 2.75) is 290 Å². The fourth-order valence-electron chi connectivity index (χ4n) is 9.05. The highest BCUT2D eigenvalue weighted by molar-refractivity contribution is 7.47. The summed E-state index contributed by atoms with van der Waals surface area (Å²) in [4.78, 5) is 35.8. The molecule has 462 valence electrons. The molecule has 0 aromatic rings. The predicted molar refractivity (Wildman–Crippen MR) is 344 cm³/mol. The van der Waals surface area contributed by atoms with Gasteiger partial charge in [0.25, 0.3) is 0 Å². The van der Waals surface area contributed by atoms with E-state index in [1.807, 2.05) is 21.1 Å². The van der Waals surface area contributed by atoms with E-state index >= 15 is 0 Å². The highest BCUT2D eigenvalue weighted by Gasteiger charge is 2.27. The van der Waals surface area contributed by atoms with Crippen LogP contribution in [0.1, 0.15) is 284 Å². The van der Waals surface area contributed by atoms with Crippen LogP contribution < -0.4 is 0 Å². The van der Waals surface area contributed by atoms with Gasteiger partial charge >= 0.3 is 19.8 Å². The van der Waals surface area contributed by atoms with Gasteiger partial charge in [-0.25, -0.2) is 4.57 Å². The third-order valence-electron chi connectivity index (χ3n) is 14.1. The van der Waals surface area contributed by atoms with E-state index in [1.54, 1.807) is 0 Å². The Morgan fingerprint density at radius 1 is 0.400 bits per heavy atom. The van der Waals surface area contributed by atoms with Crippen molar-refractivity contribution >= 4 is 19.8 Å². The van der Waals surface area contributed by atoms with Crippen LogP contribution in [0.3, 0.4) is 0 Å². The lowest BCUT2D eigenvalue weighted by Gasteiger charge is -2.24. The first-order valence-electron chi connectivity index (χ1n) is 33.0. The molecule has 0 aromatic heterocycles. The van der Waals surface area contributed by atoms with Gasteiger partial charge in [0.05, 0.1) is 27.7 Å². The fraction of sp³-hybridized carbons (Fsp3) is 0.743. The molecule has 0 saturated heterocycles. The average Bonchev–Trinajstić information content (AvgIpc) is 3.42. The van der Waals surface area contributed by atoms with Gasteiger partial charge in [-0.05, 0) is 96.3 Å². The molecule has 0 aliphatic carbocycles. The summed E-state index contributed by atoms with van der Waals surface area (Å²) >= 11 is 0. The lowest BCUT2D eigenvalue weighted by molar-refractivity contribution is -0.870. The number of carbonyl (C=O) groups excluding carboxylic acids is 2. The first-order chi connectivity index (χ1) is 39.0. The maximum absolute atomic E-state index is 12.9. The molecule has 9 nitrogen and oxygen atoms in total. The molecule has 80 heavy (non-hydrogen) atoms. The summed E-state index contributed by atoms with van der Waals surface area (Å²) < 4.78 is 34.7. The second kappa shape index (κ2) is 60.5. The molecule has 2 atom stereocenters. The van der Waals surface area contributed by atoms with Crippen molar-refractivity contribution in [3.63, 3.8) is 0 Å². The van der Waals surface area contributed by atoms with E-state index in [0.29, 0.717) is 17.4 Å². The van der Waals surface area contributed by atoms with Gasteiger partial charge in [-0.1, -0.05) is 272 Å². The third-order valence-corrected chi connectivity index (χ3v) is 15.1. The molecule has 0 aliphatic heterocycles. The molecular formula is C70H125NO8P+. The number of phosphoric acid groups is 1. The van der Waals surface area contributed by atoms with Crippen molar-refractivity contribution in [3.05, 3.63) is 97.2 Å². The number of allylic oxidation sites excluding steroid dienone is 16. The second-order valence-corrected chi connectivity index (χ2v) is 24.6. The minimum Gasteiger partial charge on any atom is -0.462 e. The highest BCUT2D eigenvalue weighted by Crippen LogP contribution is 2.43. The molecule has 0 fully saturated rings. The summed E-state index contributed by atoms with van der Waals surface area (Å²) in [5.74, 6) is -0.800.